The average Bonchev–Trinajstić information content (AvgIpc) is 3.05. The molecule has 1 aliphatic heterocycles. The van der Waals surface area contributed by atoms with Gasteiger partial charge in [-0.2, -0.15) is 0 Å². The maximum absolute atomic E-state index is 12.5. The van der Waals surface area contributed by atoms with Gasteiger partial charge in [-0.1, -0.05) is 12.1 Å². The molecule has 0 radical (unpaired) electrons. The molecule has 140 valence electrons. The summed E-state index contributed by atoms with van der Waals surface area (Å²) in [4.78, 5) is 36.7. The van der Waals surface area contributed by atoms with E-state index in [4.69, 9.17) is 4.74 Å². The van der Waals surface area contributed by atoms with Gasteiger partial charge in [0.15, 0.2) is 0 Å². The van der Waals surface area contributed by atoms with Crippen LogP contribution in [0.15, 0.2) is 48.5 Å². The number of nitrogens with zero attached hydrogens (tertiary/aromatic N) is 2. The molecule has 1 unspecified atom stereocenters. The minimum absolute atomic E-state index is 0.0530. The zero-order valence-corrected chi connectivity index (χ0v) is 14.8. The third-order valence-electron chi connectivity index (χ3n) is 4.30. The van der Waals surface area contributed by atoms with Gasteiger partial charge in [0.2, 0.25) is 11.8 Å². The van der Waals surface area contributed by atoms with E-state index in [1.54, 1.807) is 17.0 Å². The number of nitrogens with one attached hydrogen (secondary N) is 1. The molecule has 0 aliphatic carbocycles. The molecule has 27 heavy (non-hydrogen) atoms. The predicted molar refractivity (Wildman–Crippen MR) is 99.8 cm³/mol. The second-order valence-electron chi connectivity index (χ2n) is 6.10. The van der Waals surface area contributed by atoms with Crippen molar-refractivity contribution in [3.8, 4) is 5.75 Å². The van der Waals surface area contributed by atoms with E-state index in [1.807, 2.05) is 19.1 Å². The fourth-order valence-electron chi connectivity index (χ4n) is 2.98. The van der Waals surface area contributed by atoms with Crippen LogP contribution in [0.3, 0.4) is 0 Å². The summed E-state index contributed by atoms with van der Waals surface area (Å²) in [7, 11) is 0. The molecule has 8 nitrogen and oxygen atoms in total. The Kier molecular flexibility index (Phi) is 5.35. The standard InChI is InChI=1S/C19H19N3O5/c1-2-27-17-6-4-3-5-16(17)21-12-13(11-18(21)23)19(24)20-14-7-9-15(10-8-14)22(25)26/h3-10,13H,2,11-12H2,1H3,(H,20,24). The quantitative estimate of drug-likeness (QED) is 0.623. The maximum Gasteiger partial charge on any atom is 0.269 e. The Balaban J connectivity index is 1.70. The highest BCUT2D eigenvalue weighted by atomic mass is 16.6. The highest BCUT2D eigenvalue weighted by Gasteiger charge is 2.36. The number of ether oxygens (including phenoxy) is 1. The van der Waals surface area contributed by atoms with Crippen LogP contribution in [0.4, 0.5) is 17.1 Å². The van der Waals surface area contributed by atoms with Crippen molar-refractivity contribution < 1.29 is 19.2 Å². The Bertz CT molecular complexity index is 866. The van der Waals surface area contributed by atoms with Gasteiger partial charge in [0.1, 0.15) is 5.75 Å². The maximum atomic E-state index is 12.5. The van der Waals surface area contributed by atoms with Crippen molar-refractivity contribution in [1.82, 2.24) is 0 Å². The van der Waals surface area contributed by atoms with Gasteiger partial charge in [0.25, 0.3) is 5.69 Å². The van der Waals surface area contributed by atoms with E-state index in [0.29, 0.717) is 23.7 Å². The van der Waals surface area contributed by atoms with E-state index < -0.39 is 10.8 Å². The van der Waals surface area contributed by atoms with Crippen LogP contribution >= 0.6 is 0 Å². The molecule has 8 heteroatoms. The molecule has 0 bridgehead atoms. The summed E-state index contributed by atoms with van der Waals surface area (Å²) in [6.07, 6.45) is 0.0965. The van der Waals surface area contributed by atoms with Gasteiger partial charge < -0.3 is 15.0 Å². The summed E-state index contributed by atoms with van der Waals surface area (Å²) in [6.45, 7) is 2.59. The van der Waals surface area contributed by atoms with Crippen LogP contribution in [-0.2, 0) is 9.59 Å². The molecule has 3 rings (SSSR count). The lowest BCUT2D eigenvalue weighted by Gasteiger charge is -2.20. The number of benzene rings is 2. The summed E-state index contributed by atoms with van der Waals surface area (Å²) in [6, 6.07) is 12.8. The number of non-ortho nitro benzene ring substituents is 1. The molecule has 1 heterocycles. The zero-order chi connectivity index (χ0) is 19.4. The van der Waals surface area contributed by atoms with E-state index in [1.165, 1.54) is 24.3 Å². The largest absolute Gasteiger partial charge is 0.492 e. The molecule has 2 aromatic rings. The fourth-order valence-corrected chi connectivity index (χ4v) is 2.98. The first-order valence-electron chi connectivity index (χ1n) is 8.57. The van der Waals surface area contributed by atoms with E-state index in [2.05, 4.69) is 5.32 Å². The van der Waals surface area contributed by atoms with Gasteiger partial charge in [-0.15, -0.1) is 0 Å². The lowest BCUT2D eigenvalue weighted by molar-refractivity contribution is -0.384. The summed E-state index contributed by atoms with van der Waals surface area (Å²) in [5, 5.41) is 13.4. The van der Waals surface area contributed by atoms with E-state index in [-0.39, 0.29) is 30.5 Å². The summed E-state index contributed by atoms with van der Waals surface area (Å²) >= 11 is 0. The van der Waals surface area contributed by atoms with Gasteiger partial charge >= 0.3 is 0 Å². The van der Waals surface area contributed by atoms with Gasteiger partial charge in [0, 0.05) is 30.8 Å². The molecule has 2 aromatic carbocycles. The molecule has 1 N–H and O–H groups in total. The van der Waals surface area contributed by atoms with Gasteiger partial charge in [-0.25, -0.2) is 0 Å². The number of para-hydroxylation sites is 2. The van der Waals surface area contributed by atoms with Gasteiger partial charge in [-0.3, -0.25) is 19.7 Å². The zero-order valence-electron chi connectivity index (χ0n) is 14.8. The summed E-state index contributed by atoms with van der Waals surface area (Å²) in [5.74, 6) is -0.355. The Morgan fingerprint density at radius 3 is 2.63 bits per heavy atom. The Morgan fingerprint density at radius 1 is 1.26 bits per heavy atom. The average molecular weight is 369 g/mol. The van der Waals surface area contributed by atoms with Crippen LogP contribution in [0.1, 0.15) is 13.3 Å². The number of nitro groups is 1. The van der Waals surface area contributed by atoms with Crippen LogP contribution in [0.25, 0.3) is 0 Å². The Labute approximate surface area is 155 Å². The molecule has 0 aromatic heterocycles. The predicted octanol–water partition coefficient (Wildman–Crippen LogP) is 2.99. The third kappa shape index (κ3) is 4.05. The van der Waals surface area contributed by atoms with Crippen LogP contribution in [-0.4, -0.2) is 29.9 Å². The van der Waals surface area contributed by atoms with E-state index in [0.717, 1.165) is 0 Å². The Morgan fingerprint density at radius 2 is 1.96 bits per heavy atom. The van der Waals surface area contributed by atoms with Crippen LogP contribution in [0, 0.1) is 16.0 Å². The first-order chi connectivity index (χ1) is 13.0. The lowest BCUT2D eigenvalue weighted by Crippen LogP contribution is -2.28. The molecule has 1 saturated heterocycles. The number of rotatable bonds is 6. The van der Waals surface area contributed by atoms with Gasteiger partial charge in [-0.05, 0) is 31.2 Å². The second-order valence-corrected chi connectivity index (χ2v) is 6.10. The summed E-state index contributed by atoms with van der Waals surface area (Å²) < 4.78 is 5.57. The first-order valence-corrected chi connectivity index (χ1v) is 8.57. The monoisotopic (exact) mass is 369 g/mol. The number of hydrogen-bond acceptors (Lipinski definition) is 5. The van der Waals surface area contributed by atoms with Crippen molar-refractivity contribution in [2.24, 2.45) is 5.92 Å². The number of nitro benzene ring substituents is 1. The highest BCUT2D eigenvalue weighted by Crippen LogP contribution is 2.33. The van der Waals surface area contributed by atoms with Crippen molar-refractivity contribution in [2.45, 2.75) is 13.3 Å². The topological polar surface area (TPSA) is 102 Å². The van der Waals surface area contributed by atoms with E-state index in [9.17, 15) is 19.7 Å². The van der Waals surface area contributed by atoms with Gasteiger partial charge in [0.05, 0.1) is 23.1 Å². The number of hydrogen-bond donors (Lipinski definition) is 1. The number of carbonyl (C=O) groups excluding carboxylic acids is 2. The molecule has 0 saturated carbocycles. The number of carbonyl (C=O) groups is 2. The van der Waals surface area contributed by atoms with Crippen molar-refractivity contribution in [2.75, 3.05) is 23.4 Å². The van der Waals surface area contributed by atoms with Crippen LogP contribution < -0.4 is 15.0 Å². The van der Waals surface area contributed by atoms with Crippen molar-refractivity contribution in [3.63, 3.8) is 0 Å². The van der Waals surface area contributed by atoms with Crippen LogP contribution in [0.5, 0.6) is 5.75 Å². The molecule has 0 spiro atoms. The summed E-state index contributed by atoms with van der Waals surface area (Å²) in [5.41, 5.74) is 1.05. The molecule has 2 amide bonds. The first kappa shape index (κ1) is 18.4. The molecular weight excluding hydrogens is 350 g/mol. The second kappa shape index (κ2) is 7.86. The SMILES string of the molecule is CCOc1ccccc1N1CC(C(=O)Nc2ccc([N+](=O)[O-])cc2)CC1=O. The normalized spacial score (nSPS) is 16.3. The lowest BCUT2D eigenvalue weighted by atomic mass is 10.1. The molecule has 1 fully saturated rings. The van der Waals surface area contributed by atoms with Crippen molar-refractivity contribution >= 4 is 28.9 Å². The third-order valence-corrected chi connectivity index (χ3v) is 4.30. The fraction of sp³-hybridized carbons (Fsp3) is 0.263. The smallest absolute Gasteiger partial charge is 0.269 e. The molecule has 1 aliphatic rings. The number of anilines is 2. The minimum Gasteiger partial charge on any atom is -0.492 e. The van der Waals surface area contributed by atoms with E-state index >= 15 is 0 Å². The molecular formula is C19H19N3O5. The molecule has 1 atom stereocenters. The minimum atomic E-state index is -0.512. The van der Waals surface area contributed by atoms with Crippen molar-refractivity contribution in [1.29, 1.82) is 0 Å². The van der Waals surface area contributed by atoms with Crippen LogP contribution in [0.2, 0.25) is 0 Å². The highest BCUT2D eigenvalue weighted by molar-refractivity contribution is 6.04. The Hall–Kier alpha value is -3.42. The number of amides is 2. The van der Waals surface area contributed by atoms with Crippen molar-refractivity contribution in [3.05, 3.63) is 58.6 Å².